The maximum Gasteiger partial charge on any atom is 0.306 e. The van der Waals surface area contributed by atoms with Gasteiger partial charge in [-0.25, -0.2) is 0 Å². The van der Waals surface area contributed by atoms with Gasteiger partial charge in [0.25, 0.3) is 0 Å². The van der Waals surface area contributed by atoms with Gasteiger partial charge in [0, 0.05) is 11.8 Å². The Balaban J connectivity index is 1.06. The number of hydrogen-bond donors (Lipinski definition) is 1. The number of ether oxygens (including phenoxy) is 2. The summed E-state index contributed by atoms with van der Waals surface area (Å²) in [7, 11) is 0. The molecule has 5 aliphatic carbocycles. The van der Waals surface area contributed by atoms with Crippen molar-refractivity contribution in [1.82, 2.24) is 0 Å². The summed E-state index contributed by atoms with van der Waals surface area (Å²) in [4.78, 5) is 13.2. The fourth-order valence-electron chi connectivity index (χ4n) is 14.5. The van der Waals surface area contributed by atoms with E-state index in [0.717, 1.165) is 38.5 Å². The molecule has 0 unspecified atom stereocenters. The van der Waals surface area contributed by atoms with Gasteiger partial charge in [-0.1, -0.05) is 120 Å². The highest BCUT2D eigenvalue weighted by Crippen LogP contribution is 2.78. The van der Waals surface area contributed by atoms with Crippen LogP contribution in [0.1, 0.15) is 191 Å². The highest BCUT2D eigenvalue weighted by Gasteiger charge is 2.75. The normalized spacial score (nSPS) is 48.7. The van der Waals surface area contributed by atoms with E-state index >= 15 is 0 Å². The summed E-state index contributed by atoms with van der Waals surface area (Å²) < 4.78 is 12.8. The van der Waals surface area contributed by atoms with Crippen LogP contribution in [0.5, 0.6) is 0 Å². The number of unbranched alkanes of at least 4 members (excludes halogenated alkanes) is 10. The van der Waals surface area contributed by atoms with Crippen LogP contribution in [0.2, 0.25) is 0 Å². The quantitative estimate of drug-likeness (QED) is 0.121. The van der Waals surface area contributed by atoms with E-state index < -0.39 is 0 Å². The van der Waals surface area contributed by atoms with Gasteiger partial charge in [-0.2, -0.15) is 0 Å². The summed E-state index contributed by atoms with van der Waals surface area (Å²) in [5.74, 6) is 2.90. The van der Waals surface area contributed by atoms with Crippen molar-refractivity contribution in [3.8, 4) is 0 Å². The molecular formula is C44H76O4. The van der Waals surface area contributed by atoms with E-state index in [1.165, 1.54) is 83.5 Å². The Bertz CT molecular complexity index is 1150. The van der Waals surface area contributed by atoms with Crippen LogP contribution in [0.3, 0.4) is 0 Å². The molecule has 6 aliphatic rings. The van der Waals surface area contributed by atoms with E-state index in [1.54, 1.807) is 0 Å². The average Bonchev–Trinajstić information content (AvgIpc) is 3.69. The fraction of sp³-hybridized carbons (Fsp3) is 0.977. The molecule has 1 N–H and O–H groups in total. The summed E-state index contributed by atoms with van der Waals surface area (Å²) in [5.41, 5.74) is 0.531. The number of carbonyl (C=O) groups excluding carboxylic acids is 1. The van der Waals surface area contributed by atoms with Gasteiger partial charge in [0.1, 0.15) is 6.10 Å². The second-order valence-electron chi connectivity index (χ2n) is 20.3. The molecule has 0 spiro atoms. The second kappa shape index (κ2) is 13.4. The lowest BCUT2D eigenvalue weighted by Crippen LogP contribution is -2.70. The largest absolute Gasteiger partial charge is 0.462 e. The number of aliphatic hydroxyl groups is 1. The Morgan fingerprint density at radius 2 is 1.35 bits per heavy atom. The van der Waals surface area contributed by atoms with Crippen LogP contribution in [0.4, 0.5) is 0 Å². The lowest BCUT2D eigenvalue weighted by atomic mass is 9.31. The van der Waals surface area contributed by atoms with Crippen molar-refractivity contribution in [3.05, 3.63) is 0 Å². The third-order valence-electron chi connectivity index (χ3n) is 17.8. The fourth-order valence-corrected chi connectivity index (χ4v) is 14.5. The van der Waals surface area contributed by atoms with Crippen molar-refractivity contribution >= 4 is 5.97 Å². The van der Waals surface area contributed by atoms with Crippen LogP contribution >= 0.6 is 0 Å². The molecule has 4 nitrogen and oxygen atoms in total. The zero-order valence-electron chi connectivity index (χ0n) is 32.9. The first kappa shape index (κ1) is 37.2. The summed E-state index contributed by atoms with van der Waals surface area (Å²) in [6, 6.07) is 0. The zero-order valence-corrected chi connectivity index (χ0v) is 32.9. The summed E-state index contributed by atoms with van der Waals surface area (Å²) in [5, 5.41) is 12.1. The Labute approximate surface area is 296 Å². The maximum absolute atomic E-state index is 13.2. The lowest BCUT2D eigenvalue weighted by Gasteiger charge is -2.74. The molecule has 0 bridgehead atoms. The van der Waals surface area contributed by atoms with E-state index in [9.17, 15) is 9.90 Å². The highest BCUT2D eigenvalue weighted by atomic mass is 16.6. The van der Waals surface area contributed by atoms with Crippen molar-refractivity contribution in [2.45, 2.75) is 215 Å². The van der Waals surface area contributed by atoms with E-state index in [0.29, 0.717) is 42.1 Å². The van der Waals surface area contributed by atoms with Crippen molar-refractivity contribution in [2.75, 3.05) is 0 Å². The van der Waals surface area contributed by atoms with Gasteiger partial charge in [-0.3, -0.25) is 4.79 Å². The molecule has 6 fully saturated rings. The van der Waals surface area contributed by atoms with Gasteiger partial charge in [-0.15, -0.1) is 0 Å². The smallest absolute Gasteiger partial charge is 0.306 e. The molecule has 6 rings (SSSR count). The minimum absolute atomic E-state index is 0.0105. The molecular weight excluding hydrogens is 592 g/mol. The Morgan fingerprint density at radius 1 is 0.729 bits per heavy atom. The van der Waals surface area contributed by atoms with Crippen LogP contribution in [0, 0.1) is 56.7 Å². The van der Waals surface area contributed by atoms with Crippen LogP contribution < -0.4 is 0 Å². The van der Waals surface area contributed by atoms with Gasteiger partial charge in [0.2, 0.25) is 0 Å². The van der Waals surface area contributed by atoms with Crippen molar-refractivity contribution in [3.63, 3.8) is 0 Å². The molecule has 276 valence electrons. The summed E-state index contributed by atoms with van der Waals surface area (Å²) in [6.45, 7) is 22.2. The Kier molecular flexibility index (Phi) is 10.4. The van der Waals surface area contributed by atoms with Crippen LogP contribution in [-0.2, 0) is 14.3 Å². The molecule has 1 heterocycles. The number of hydrogen-bond acceptors (Lipinski definition) is 4. The minimum atomic E-state index is -0.257. The molecule has 1 saturated heterocycles. The van der Waals surface area contributed by atoms with Gasteiger partial charge >= 0.3 is 5.97 Å². The monoisotopic (exact) mass is 669 g/mol. The zero-order chi connectivity index (χ0) is 34.8. The van der Waals surface area contributed by atoms with Crippen molar-refractivity contribution in [1.29, 1.82) is 0 Å². The molecule has 1 aliphatic heterocycles. The molecule has 0 aromatic carbocycles. The molecule has 5 saturated carbocycles. The van der Waals surface area contributed by atoms with Gasteiger partial charge < -0.3 is 14.6 Å². The topological polar surface area (TPSA) is 59.1 Å². The Hall–Kier alpha value is -0.610. The third-order valence-corrected chi connectivity index (χ3v) is 17.8. The first-order chi connectivity index (χ1) is 22.6. The molecule has 4 heteroatoms. The predicted octanol–water partition coefficient (Wildman–Crippen LogP) is 11.5. The molecule has 13 atom stereocenters. The second-order valence-corrected chi connectivity index (χ2v) is 20.3. The van der Waals surface area contributed by atoms with E-state index in [4.69, 9.17) is 9.47 Å². The standard InChI is InChI=1S/C44H76O4/c1-10-11-12-13-14-15-16-17-18-19-20-21-37(46)47-35-25-26-40(5)32(39(35,3)4)24-27-42(7)33(40)23-22-31-38-30(2)44(9)36(48-44)29-41(38,6)34(45)28-43(31,42)8/h30-36,38,45H,10-29H2,1-9H3/t30-,31+,32-,33+,34-,35-,36+,38+,40-,41+,42+,43+,44-/m0/s1. The van der Waals surface area contributed by atoms with Crippen molar-refractivity contribution < 1.29 is 19.4 Å². The van der Waals surface area contributed by atoms with Crippen LogP contribution in [-0.4, -0.2) is 35.0 Å². The minimum Gasteiger partial charge on any atom is -0.462 e. The van der Waals surface area contributed by atoms with Crippen molar-refractivity contribution in [2.24, 2.45) is 56.7 Å². The Morgan fingerprint density at radius 3 is 2.00 bits per heavy atom. The predicted molar refractivity (Wildman–Crippen MR) is 197 cm³/mol. The van der Waals surface area contributed by atoms with E-state index in [1.807, 2.05) is 0 Å². The number of esters is 1. The molecule has 0 radical (unpaired) electrons. The summed E-state index contributed by atoms with van der Waals surface area (Å²) >= 11 is 0. The van der Waals surface area contributed by atoms with E-state index in [2.05, 4.69) is 62.3 Å². The first-order valence-electron chi connectivity index (χ1n) is 21.1. The maximum atomic E-state index is 13.2. The number of epoxide rings is 1. The number of rotatable bonds is 13. The first-order valence-corrected chi connectivity index (χ1v) is 21.1. The van der Waals surface area contributed by atoms with Crippen LogP contribution in [0.15, 0.2) is 0 Å². The molecule has 0 aromatic rings. The number of aliphatic hydroxyl groups excluding tert-OH is 1. The lowest BCUT2D eigenvalue weighted by molar-refractivity contribution is -0.273. The van der Waals surface area contributed by atoms with E-state index in [-0.39, 0.29) is 50.9 Å². The molecule has 0 aromatic heterocycles. The van der Waals surface area contributed by atoms with Gasteiger partial charge in [0.05, 0.1) is 17.8 Å². The van der Waals surface area contributed by atoms with Crippen LogP contribution in [0.25, 0.3) is 0 Å². The number of carbonyl (C=O) groups is 1. The molecule has 0 amide bonds. The molecule has 48 heavy (non-hydrogen) atoms. The SMILES string of the molecule is CCCCCCCCCCCCCC(=O)O[C@H]1CC[C@]2(C)[C@H]3CC[C@@H]4[C@H]5[C@H](C)[C@]6(C)O[C@@H]6C[C@]5(C)[C@@H](O)C[C@@]4(C)[C@]3(C)CC[C@H]2C1(C)C. The average molecular weight is 669 g/mol. The summed E-state index contributed by atoms with van der Waals surface area (Å²) in [6.07, 6.45) is 24.1. The third kappa shape index (κ3) is 5.87. The van der Waals surface area contributed by atoms with Gasteiger partial charge in [0.15, 0.2) is 0 Å². The number of fused-ring (bicyclic) bond motifs is 8. The van der Waals surface area contributed by atoms with Gasteiger partial charge in [-0.05, 0) is 116 Å². The highest BCUT2D eigenvalue weighted by molar-refractivity contribution is 5.69.